The first-order valence-electron chi connectivity index (χ1n) is 11.5. The zero-order valence-corrected chi connectivity index (χ0v) is 18.4. The van der Waals surface area contributed by atoms with E-state index >= 15 is 0 Å². The Bertz CT molecular complexity index is 549. The Hall–Kier alpha value is -1.32. The van der Waals surface area contributed by atoms with Gasteiger partial charge in [-0.15, -0.1) is 0 Å². The van der Waals surface area contributed by atoms with Gasteiger partial charge in [0.25, 0.3) is 5.56 Å². The second-order valence-electron chi connectivity index (χ2n) is 7.67. The number of hydrogen-bond acceptors (Lipinski definition) is 3. The van der Waals surface area contributed by atoms with Crippen LogP contribution in [0.3, 0.4) is 0 Å². The summed E-state index contributed by atoms with van der Waals surface area (Å²) < 4.78 is 0. The number of aromatic amines is 1. The van der Waals surface area contributed by atoms with E-state index in [2.05, 4.69) is 37.6 Å². The van der Waals surface area contributed by atoms with Crippen molar-refractivity contribution in [1.29, 1.82) is 0 Å². The minimum atomic E-state index is 0.0865. The fourth-order valence-corrected chi connectivity index (χ4v) is 3.65. The molecule has 0 atom stereocenters. The Kier molecular flexibility index (Phi) is 12.9. The maximum Gasteiger partial charge on any atom is 0.255 e. The highest BCUT2D eigenvalue weighted by molar-refractivity contribution is 5.33. The molecule has 0 radical (unpaired) electrons. The highest BCUT2D eigenvalue weighted by Crippen LogP contribution is 2.16. The molecule has 0 saturated carbocycles. The maximum atomic E-state index is 12.8. The van der Waals surface area contributed by atoms with Gasteiger partial charge in [0.05, 0.1) is 5.69 Å². The Morgan fingerprint density at radius 2 is 1.26 bits per heavy atom. The van der Waals surface area contributed by atoms with Crippen molar-refractivity contribution in [2.75, 3.05) is 18.0 Å². The van der Waals surface area contributed by atoms with E-state index in [9.17, 15) is 4.79 Å². The lowest BCUT2D eigenvalue weighted by Crippen LogP contribution is -2.29. The molecule has 0 aromatic carbocycles. The van der Waals surface area contributed by atoms with Crippen LogP contribution in [0.4, 0.5) is 5.95 Å². The van der Waals surface area contributed by atoms with Gasteiger partial charge in [-0.05, 0) is 39.5 Å². The summed E-state index contributed by atoms with van der Waals surface area (Å²) in [4.78, 5) is 22.8. The quantitative estimate of drug-likeness (QED) is 0.358. The highest BCUT2D eigenvalue weighted by Gasteiger charge is 2.14. The van der Waals surface area contributed by atoms with E-state index < -0.39 is 0 Å². The number of unbranched alkanes of at least 4 members (excludes halogenated alkanes) is 9. The molecule has 1 aromatic rings. The second-order valence-corrected chi connectivity index (χ2v) is 7.67. The number of hydrogen-bond donors (Lipinski definition) is 1. The standard InChI is InChI=1S/C23H43N3O/c1-5-9-11-13-15-17-19-21-20(18-16-14-12-10-6-2)22(27)25-23(24-21)26(7-3)8-4/h5-19H2,1-4H3,(H,24,25,27). The minimum absolute atomic E-state index is 0.0865. The van der Waals surface area contributed by atoms with Gasteiger partial charge in [0, 0.05) is 18.7 Å². The molecule has 0 aliphatic heterocycles. The van der Waals surface area contributed by atoms with E-state index in [4.69, 9.17) is 4.98 Å². The van der Waals surface area contributed by atoms with Crippen LogP contribution in [0, 0.1) is 0 Å². The molecule has 1 aromatic heterocycles. The first-order chi connectivity index (χ1) is 13.2. The number of rotatable bonds is 16. The van der Waals surface area contributed by atoms with Crippen molar-refractivity contribution in [3.05, 3.63) is 21.6 Å². The van der Waals surface area contributed by atoms with Crippen LogP contribution in [0.25, 0.3) is 0 Å². The number of H-pyrrole nitrogens is 1. The largest absolute Gasteiger partial charge is 0.343 e. The van der Waals surface area contributed by atoms with E-state index in [0.717, 1.165) is 56.0 Å². The molecule has 4 nitrogen and oxygen atoms in total. The summed E-state index contributed by atoms with van der Waals surface area (Å²) in [6, 6.07) is 0. The van der Waals surface area contributed by atoms with Crippen LogP contribution >= 0.6 is 0 Å². The average Bonchev–Trinajstić information content (AvgIpc) is 2.67. The van der Waals surface area contributed by atoms with Crippen molar-refractivity contribution in [2.24, 2.45) is 0 Å². The van der Waals surface area contributed by atoms with Crippen LogP contribution in [0.2, 0.25) is 0 Å². The number of aryl methyl sites for hydroxylation is 1. The molecule has 0 aliphatic rings. The summed E-state index contributed by atoms with van der Waals surface area (Å²) in [6.45, 7) is 10.4. The van der Waals surface area contributed by atoms with Crippen molar-refractivity contribution in [3.63, 3.8) is 0 Å². The lowest BCUT2D eigenvalue weighted by atomic mass is 10.0. The maximum absolute atomic E-state index is 12.8. The smallest absolute Gasteiger partial charge is 0.255 e. The third-order valence-electron chi connectivity index (χ3n) is 5.45. The summed E-state index contributed by atoms with van der Waals surface area (Å²) in [5, 5.41) is 0. The molecule has 1 N–H and O–H groups in total. The van der Waals surface area contributed by atoms with Crippen molar-refractivity contribution in [1.82, 2.24) is 9.97 Å². The fraction of sp³-hybridized carbons (Fsp3) is 0.826. The molecular formula is C23H43N3O. The monoisotopic (exact) mass is 377 g/mol. The lowest BCUT2D eigenvalue weighted by molar-refractivity contribution is 0.598. The van der Waals surface area contributed by atoms with E-state index in [1.54, 1.807) is 0 Å². The van der Waals surface area contributed by atoms with Gasteiger partial charge >= 0.3 is 0 Å². The highest BCUT2D eigenvalue weighted by atomic mass is 16.1. The van der Waals surface area contributed by atoms with Gasteiger partial charge in [-0.2, -0.15) is 0 Å². The summed E-state index contributed by atoms with van der Waals surface area (Å²) >= 11 is 0. The average molecular weight is 378 g/mol. The van der Waals surface area contributed by atoms with Gasteiger partial charge in [-0.3, -0.25) is 9.78 Å². The molecule has 0 saturated heterocycles. The summed E-state index contributed by atoms with van der Waals surface area (Å²) in [5.74, 6) is 0.751. The molecule has 4 heteroatoms. The Balaban J connectivity index is 2.79. The lowest BCUT2D eigenvalue weighted by Gasteiger charge is -2.20. The van der Waals surface area contributed by atoms with Gasteiger partial charge in [0.15, 0.2) is 0 Å². The van der Waals surface area contributed by atoms with Crippen LogP contribution < -0.4 is 10.5 Å². The Labute approximate surface area is 167 Å². The van der Waals surface area contributed by atoms with Crippen LogP contribution in [0.1, 0.15) is 110 Å². The van der Waals surface area contributed by atoms with Crippen molar-refractivity contribution >= 4 is 5.95 Å². The Morgan fingerprint density at radius 3 is 1.81 bits per heavy atom. The third-order valence-corrected chi connectivity index (χ3v) is 5.45. The van der Waals surface area contributed by atoms with Gasteiger partial charge in [0.1, 0.15) is 0 Å². The van der Waals surface area contributed by atoms with Gasteiger partial charge in [0.2, 0.25) is 5.95 Å². The predicted molar refractivity (Wildman–Crippen MR) is 118 cm³/mol. The summed E-state index contributed by atoms with van der Waals surface area (Å²) in [7, 11) is 0. The number of aromatic nitrogens is 2. The molecular weight excluding hydrogens is 334 g/mol. The van der Waals surface area contributed by atoms with Gasteiger partial charge < -0.3 is 4.90 Å². The molecule has 0 amide bonds. The van der Waals surface area contributed by atoms with Gasteiger partial charge in [-0.25, -0.2) is 4.98 Å². The second kappa shape index (κ2) is 14.7. The summed E-state index contributed by atoms with van der Waals surface area (Å²) in [6.07, 6.45) is 15.6. The topological polar surface area (TPSA) is 49.0 Å². The van der Waals surface area contributed by atoms with Gasteiger partial charge in [-0.1, -0.05) is 71.6 Å². The van der Waals surface area contributed by atoms with Crippen LogP contribution in [-0.4, -0.2) is 23.1 Å². The van der Waals surface area contributed by atoms with Crippen LogP contribution in [0.5, 0.6) is 0 Å². The molecule has 27 heavy (non-hydrogen) atoms. The summed E-state index contributed by atoms with van der Waals surface area (Å²) in [5.41, 5.74) is 2.07. The van der Waals surface area contributed by atoms with Crippen molar-refractivity contribution in [2.45, 2.75) is 111 Å². The molecule has 0 fully saturated rings. The number of nitrogens with zero attached hydrogens (tertiary/aromatic N) is 2. The molecule has 0 unspecified atom stereocenters. The molecule has 156 valence electrons. The molecule has 0 bridgehead atoms. The van der Waals surface area contributed by atoms with E-state index in [-0.39, 0.29) is 5.56 Å². The number of nitrogens with one attached hydrogen (secondary N) is 1. The molecule has 1 rings (SSSR count). The molecule has 1 heterocycles. The minimum Gasteiger partial charge on any atom is -0.343 e. The SMILES string of the molecule is CCCCCCCCc1nc(N(CC)CC)[nH]c(=O)c1CCCCCCC. The van der Waals surface area contributed by atoms with E-state index in [1.165, 1.54) is 57.8 Å². The first kappa shape index (κ1) is 23.7. The van der Waals surface area contributed by atoms with Crippen molar-refractivity contribution < 1.29 is 0 Å². The third kappa shape index (κ3) is 8.94. The fourth-order valence-electron chi connectivity index (χ4n) is 3.65. The molecule has 0 spiro atoms. The first-order valence-corrected chi connectivity index (χ1v) is 11.5. The number of anilines is 1. The van der Waals surface area contributed by atoms with Crippen LogP contribution in [-0.2, 0) is 12.8 Å². The normalized spacial score (nSPS) is 11.1. The van der Waals surface area contributed by atoms with E-state index in [1.807, 2.05) is 0 Å². The van der Waals surface area contributed by atoms with Crippen LogP contribution in [0.15, 0.2) is 4.79 Å². The van der Waals surface area contributed by atoms with Crippen molar-refractivity contribution in [3.8, 4) is 0 Å². The molecule has 0 aliphatic carbocycles. The van der Waals surface area contributed by atoms with E-state index in [0.29, 0.717) is 0 Å². The predicted octanol–water partition coefficient (Wildman–Crippen LogP) is 6.03. The zero-order valence-electron chi connectivity index (χ0n) is 18.4. The zero-order chi connectivity index (χ0) is 19.9. The Morgan fingerprint density at radius 1 is 0.741 bits per heavy atom.